The average Bonchev–Trinajstić information content (AvgIpc) is 2.73. The van der Waals surface area contributed by atoms with Crippen LogP contribution in [0, 0.1) is 6.92 Å². The number of carboxylic acid groups (broad SMARTS) is 1. The van der Waals surface area contributed by atoms with Gasteiger partial charge in [-0.05, 0) is 25.5 Å². The maximum atomic E-state index is 10.7. The summed E-state index contributed by atoms with van der Waals surface area (Å²) in [5, 5.41) is 14.1. The molecule has 19 heavy (non-hydrogen) atoms. The van der Waals surface area contributed by atoms with Gasteiger partial charge in [0.1, 0.15) is 15.7 Å². The summed E-state index contributed by atoms with van der Waals surface area (Å²) in [6.07, 6.45) is 0.961. The third kappa shape index (κ3) is 2.45. The zero-order chi connectivity index (χ0) is 13.4. The molecule has 3 rings (SSSR count). The van der Waals surface area contributed by atoms with Crippen molar-refractivity contribution in [3.8, 4) is 0 Å². The van der Waals surface area contributed by atoms with Crippen molar-refractivity contribution in [2.45, 2.75) is 24.9 Å². The van der Waals surface area contributed by atoms with Crippen molar-refractivity contribution in [3.63, 3.8) is 0 Å². The normalized spacial score (nSPS) is 14.6. The molecule has 0 saturated heterocycles. The maximum Gasteiger partial charge on any atom is 0.313 e. The van der Waals surface area contributed by atoms with Crippen molar-refractivity contribution >= 4 is 39.3 Å². The van der Waals surface area contributed by atoms with Crippen molar-refractivity contribution < 1.29 is 9.90 Å². The molecule has 0 spiro atoms. The number of thiophene rings is 1. The Balaban J connectivity index is 2.13. The highest BCUT2D eigenvalue weighted by atomic mass is 32.2. The molecule has 5 nitrogen and oxygen atoms in total. The fraction of sp³-hybridized carbons (Fsp3) is 0.417. The fourth-order valence-corrected chi connectivity index (χ4v) is 4.35. The van der Waals surface area contributed by atoms with Gasteiger partial charge >= 0.3 is 5.97 Å². The number of aromatic nitrogens is 2. The summed E-state index contributed by atoms with van der Waals surface area (Å²) in [4.78, 5) is 21.9. The molecule has 3 heterocycles. The van der Waals surface area contributed by atoms with Crippen LogP contribution in [0.2, 0.25) is 0 Å². The summed E-state index contributed by atoms with van der Waals surface area (Å²) in [5.41, 5.74) is 1.30. The molecule has 0 fully saturated rings. The lowest BCUT2D eigenvalue weighted by molar-refractivity contribution is -0.133. The minimum atomic E-state index is -0.819. The van der Waals surface area contributed by atoms with Crippen molar-refractivity contribution in [1.82, 2.24) is 15.3 Å². The minimum Gasteiger partial charge on any atom is -0.481 e. The third-order valence-corrected chi connectivity index (χ3v) is 5.07. The van der Waals surface area contributed by atoms with Crippen molar-refractivity contribution in [2.75, 3.05) is 12.3 Å². The molecule has 0 saturated carbocycles. The molecular weight excluding hydrogens is 282 g/mol. The van der Waals surface area contributed by atoms with E-state index in [2.05, 4.69) is 15.3 Å². The summed E-state index contributed by atoms with van der Waals surface area (Å²) in [6, 6.07) is 0. The topological polar surface area (TPSA) is 75.1 Å². The number of aliphatic carboxylic acids is 1. The predicted octanol–water partition coefficient (Wildman–Crippen LogP) is 1.82. The first-order chi connectivity index (χ1) is 9.15. The van der Waals surface area contributed by atoms with Crippen LogP contribution in [0.1, 0.15) is 16.3 Å². The first-order valence-corrected chi connectivity index (χ1v) is 7.79. The van der Waals surface area contributed by atoms with Crippen LogP contribution in [-0.2, 0) is 17.8 Å². The molecule has 2 aromatic heterocycles. The molecule has 0 aliphatic carbocycles. The van der Waals surface area contributed by atoms with Gasteiger partial charge in [0.2, 0.25) is 0 Å². The van der Waals surface area contributed by atoms with Crippen LogP contribution in [0.25, 0.3) is 10.2 Å². The van der Waals surface area contributed by atoms with Gasteiger partial charge in [-0.15, -0.1) is 11.3 Å². The number of carbonyl (C=O) groups is 1. The number of hydrogen-bond donors (Lipinski definition) is 2. The lowest BCUT2D eigenvalue weighted by Crippen LogP contribution is -2.22. The van der Waals surface area contributed by atoms with Crippen molar-refractivity contribution in [1.29, 1.82) is 0 Å². The van der Waals surface area contributed by atoms with Gasteiger partial charge in [-0.25, -0.2) is 9.97 Å². The summed E-state index contributed by atoms with van der Waals surface area (Å²) in [7, 11) is 0. The molecule has 0 bridgehead atoms. The molecule has 2 aromatic rings. The fourth-order valence-electron chi connectivity index (χ4n) is 2.23. The van der Waals surface area contributed by atoms with E-state index < -0.39 is 5.97 Å². The Morgan fingerprint density at radius 1 is 1.53 bits per heavy atom. The van der Waals surface area contributed by atoms with E-state index in [1.165, 1.54) is 22.2 Å². The van der Waals surface area contributed by atoms with E-state index in [4.69, 9.17) is 5.11 Å². The standard InChI is InChI=1S/C12H13N3O2S2/c1-6-14-11(18-5-9(16)17)10-7-2-3-13-4-8(7)19-12(10)15-6/h13H,2-5H2,1H3,(H,16,17). The predicted molar refractivity (Wildman–Crippen MR) is 75.9 cm³/mol. The molecule has 0 unspecified atom stereocenters. The van der Waals surface area contributed by atoms with Crippen LogP contribution < -0.4 is 5.32 Å². The van der Waals surface area contributed by atoms with E-state index in [1.54, 1.807) is 11.3 Å². The highest BCUT2D eigenvalue weighted by Crippen LogP contribution is 2.37. The van der Waals surface area contributed by atoms with E-state index in [9.17, 15) is 4.79 Å². The first-order valence-electron chi connectivity index (χ1n) is 5.99. The quantitative estimate of drug-likeness (QED) is 0.664. The Bertz CT molecular complexity index is 654. The lowest BCUT2D eigenvalue weighted by atomic mass is 10.1. The highest BCUT2D eigenvalue weighted by molar-refractivity contribution is 8.00. The molecule has 1 aliphatic heterocycles. The van der Waals surface area contributed by atoms with E-state index in [-0.39, 0.29) is 5.75 Å². The second kappa shape index (κ2) is 5.07. The number of aryl methyl sites for hydroxylation is 1. The van der Waals surface area contributed by atoms with E-state index in [0.717, 1.165) is 34.8 Å². The number of thioether (sulfide) groups is 1. The van der Waals surface area contributed by atoms with Crippen LogP contribution >= 0.6 is 23.1 Å². The molecule has 0 atom stereocenters. The van der Waals surface area contributed by atoms with E-state index in [0.29, 0.717) is 5.82 Å². The van der Waals surface area contributed by atoms with Crippen LogP contribution in [0.15, 0.2) is 5.03 Å². The van der Waals surface area contributed by atoms with Gasteiger partial charge in [0.15, 0.2) is 0 Å². The molecule has 0 aromatic carbocycles. The smallest absolute Gasteiger partial charge is 0.313 e. The molecule has 100 valence electrons. The minimum absolute atomic E-state index is 0.0361. The average molecular weight is 295 g/mol. The first kappa shape index (κ1) is 12.8. The highest BCUT2D eigenvalue weighted by Gasteiger charge is 2.20. The number of nitrogens with one attached hydrogen (secondary N) is 1. The molecule has 2 N–H and O–H groups in total. The van der Waals surface area contributed by atoms with Gasteiger partial charge in [-0.2, -0.15) is 0 Å². The van der Waals surface area contributed by atoms with Gasteiger partial charge < -0.3 is 10.4 Å². The van der Waals surface area contributed by atoms with Crippen LogP contribution in [0.3, 0.4) is 0 Å². The zero-order valence-corrected chi connectivity index (χ0v) is 12.0. The second-order valence-electron chi connectivity index (χ2n) is 4.37. The lowest BCUT2D eigenvalue weighted by Gasteiger charge is -2.13. The number of rotatable bonds is 3. The Labute approximate surface area is 118 Å². The second-order valence-corrected chi connectivity index (χ2v) is 6.42. The molecular formula is C12H13N3O2S2. The number of carboxylic acids is 1. The summed E-state index contributed by atoms with van der Waals surface area (Å²) in [6.45, 7) is 3.68. The van der Waals surface area contributed by atoms with E-state index >= 15 is 0 Å². The number of nitrogens with zero attached hydrogens (tertiary/aromatic N) is 2. The van der Waals surface area contributed by atoms with Crippen LogP contribution in [0.5, 0.6) is 0 Å². The number of fused-ring (bicyclic) bond motifs is 3. The zero-order valence-electron chi connectivity index (χ0n) is 10.4. The summed E-state index contributed by atoms with van der Waals surface area (Å²) < 4.78 is 0. The third-order valence-electron chi connectivity index (χ3n) is 2.98. The van der Waals surface area contributed by atoms with Crippen molar-refractivity contribution in [3.05, 3.63) is 16.3 Å². The van der Waals surface area contributed by atoms with Gasteiger partial charge in [0.25, 0.3) is 0 Å². The van der Waals surface area contributed by atoms with Crippen molar-refractivity contribution in [2.24, 2.45) is 0 Å². The largest absolute Gasteiger partial charge is 0.481 e. The van der Waals surface area contributed by atoms with E-state index in [1.807, 2.05) is 6.92 Å². The molecule has 7 heteroatoms. The Morgan fingerprint density at radius 2 is 2.37 bits per heavy atom. The van der Waals surface area contributed by atoms with Crippen LogP contribution in [0.4, 0.5) is 0 Å². The van der Waals surface area contributed by atoms with Gasteiger partial charge in [-0.3, -0.25) is 4.79 Å². The Hall–Kier alpha value is -1.18. The molecule has 0 amide bonds. The molecule has 1 aliphatic rings. The summed E-state index contributed by atoms with van der Waals surface area (Å²) in [5.74, 6) is -0.0823. The maximum absolute atomic E-state index is 10.7. The molecule has 0 radical (unpaired) electrons. The van der Waals surface area contributed by atoms with Crippen LogP contribution in [-0.4, -0.2) is 33.3 Å². The Morgan fingerprint density at radius 3 is 3.16 bits per heavy atom. The SMILES string of the molecule is Cc1nc(SCC(=O)O)c2c3c(sc2n1)CNCC3. The van der Waals surface area contributed by atoms with Gasteiger partial charge in [0.05, 0.1) is 5.75 Å². The van der Waals surface area contributed by atoms with Gasteiger partial charge in [0, 0.05) is 16.8 Å². The van der Waals surface area contributed by atoms with Gasteiger partial charge in [-0.1, -0.05) is 11.8 Å². The Kier molecular flexibility index (Phi) is 3.42. The summed E-state index contributed by atoms with van der Waals surface area (Å²) >= 11 is 2.97. The number of hydrogen-bond acceptors (Lipinski definition) is 6. The monoisotopic (exact) mass is 295 g/mol.